The molecule has 2 aromatic carbocycles. The highest BCUT2D eigenvalue weighted by atomic mass is 35.5. The van der Waals surface area contributed by atoms with Crippen LogP contribution in [0.2, 0.25) is 5.02 Å². The summed E-state index contributed by atoms with van der Waals surface area (Å²) in [5, 5.41) is -0.0168. The lowest BCUT2D eigenvalue weighted by molar-refractivity contribution is 0.598. The number of hydrogen-bond donors (Lipinski definition) is 2. The van der Waals surface area contributed by atoms with Crippen LogP contribution in [0.15, 0.2) is 35.2 Å². The van der Waals surface area contributed by atoms with Crippen molar-refractivity contribution >= 4 is 33.0 Å². The highest BCUT2D eigenvalue weighted by Crippen LogP contribution is 2.29. The number of halogens is 2. The zero-order valence-electron chi connectivity index (χ0n) is 11.4. The van der Waals surface area contributed by atoms with E-state index in [1.165, 1.54) is 18.2 Å². The Morgan fingerprint density at radius 2 is 1.90 bits per heavy atom. The average Bonchev–Trinajstić information content (AvgIpc) is 2.38. The fraction of sp³-hybridized carbons (Fsp3) is 0.143. The van der Waals surface area contributed by atoms with Crippen molar-refractivity contribution in [3.63, 3.8) is 0 Å². The molecule has 0 aliphatic carbocycles. The number of nitrogen functional groups attached to an aromatic ring is 1. The van der Waals surface area contributed by atoms with Crippen LogP contribution in [0.25, 0.3) is 0 Å². The minimum atomic E-state index is -3.99. The molecule has 112 valence electrons. The molecule has 7 heteroatoms. The normalized spacial score (nSPS) is 11.4. The smallest absolute Gasteiger partial charge is 0.262 e. The van der Waals surface area contributed by atoms with Crippen LogP contribution in [-0.4, -0.2) is 8.42 Å². The second-order valence-electron chi connectivity index (χ2n) is 4.68. The molecule has 0 radical (unpaired) electrons. The number of nitrogens with two attached hydrogens (primary N) is 1. The lowest BCUT2D eigenvalue weighted by Crippen LogP contribution is -2.16. The third-order valence-corrected chi connectivity index (χ3v) is 4.82. The second kappa shape index (κ2) is 5.54. The number of aryl methyl sites for hydroxylation is 1. The van der Waals surface area contributed by atoms with Gasteiger partial charge in [0.1, 0.15) is 11.5 Å². The van der Waals surface area contributed by atoms with Gasteiger partial charge in [0.15, 0.2) is 0 Å². The summed E-state index contributed by atoms with van der Waals surface area (Å²) < 4.78 is 40.8. The largest absolute Gasteiger partial charge is 0.398 e. The molecule has 0 saturated heterocycles. The molecule has 0 saturated carbocycles. The summed E-state index contributed by atoms with van der Waals surface area (Å²) in [6, 6.07) is 7.07. The summed E-state index contributed by atoms with van der Waals surface area (Å²) in [6.07, 6.45) is 0. The quantitative estimate of drug-likeness (QED) is 0.847. The Bertz CT molecular complexity index is 787. The van der Waals surface area contributed by atoms with Gasteiger partial charge >= 0.3 is 0 Å². The Morgan fingerprint density at radius 3 is 2.52 bits per heavy atom. The molecule has 0 atom stereocenters. The van der Waals surface area contributed by atoms with E-state index in [1.54, 1.807) is 19.9 Å². The Kier molecular flexibility index (Phi) is 4.11. The van der Waals surface area contributed by atoms with Crippen molar-refractivity contribution in [2.24, 2.45) is 0 Å². The van der Waals surface area contributed by atoms with E-state index in [-0.39, 0.29) is 15.6 Å². The Labute approximate surface area is 127 Å². The Hall–Kier alpha value is -1.79. The van der Waals surface area contributed by atoms with Crippen LogP contribution in [0.4, 0.5) is 15.8 Å². The maximum absolute atomic E-state index is 13.7. The van der Waals surface area contributed by atoms with Crippen LogP contribution in [0.5, 0.6) is 0 Å². The minimum absolute atomic E-state index is 0.000630. The highest BCUT2D eigenvalue weighted by Gasteiger charge is 2.21. The number of hydrogen-bond acceptors (Lipinski definition) is 3. The van der Waals surface area contributed by atoms with Gasteiger partial charge in [0.25, 0.3) is 10.0 Å². The van der Waals surface area contributed by atoms with E-state index in [0.717, 1.165) is 6.07 Å². The number of anilines is 2. The molecule has 0 spiro atoms. The maximum Gasteiger partial charge on any atom is 0.262 e. The van der Waals surface area contributed by atoms with Crippen molar-refractivity contribution in [3.05, 3.63) is 52.3 Å². The van der Waals surface area contributed by atoms with Gasteiger partial charge in [-0.2, -0.15) is 0 Å². The van der Waals surface area contributed by atoms with Gasteiger partial charge in [0.2, 0.25) is 0 Å². The Balaban J connectivity index is 2.54. The van der Waals surface area contributed by atoms with Gasteiger partial charge in [0.05, 0.1) is 9.92 Å². The van der Waals surface area contributed by atoms with Crippen molar-refractivity contribution in [2.75, 3.05) is 10.5 Å². The summed E-state index contributed by atoms with van der Waals surface area (Å²) in [7, 11) is -3.99. The van der Waals surface area contributed by atoms with Crippen molar-refractivity contribution in [3.8, 4) is 0 Å². The predicted octanol–water partition coefficient (Wildman–Crippen LogP) is 3.48. The first kappa shape index (κ1) is 15.6. The molecule has 0 bridgehead atoms. The molecule has 0 heterocycles. The summed E-state index contributed by atoms with van der Waals surface area (Å²) >= 11 is 5.83. The Morgan fingerprint density at radius 1 is 1.24 bits per heavy atom. The summed E-state index contributed by atoms with van der Waals surface area (Å²) in [6.45, 7) is 3.32. The van der Waals surface area contributed by atoms with Crippen LogP contribution in [0, 0.1) is 19.7 Å². The molecular formula is C14H14ClFN2O2S. The van der Waals surface area contributed by atoms with Gasteiger partial charge in [0, 0.05) is 5.69 Å². The highest BCUT2D eigenvalue weighted by molar-refractivity contribution is 7.92. The maximum atomic E-state index is 13.7. The molecule has 4 nitrogen and oxygen atoms in total. The second-order valence-corrected chi connectivity index (χ2v) is 6.74. The predicted molar refractivity (Wildman–Crippen MR) is 82.5 cm³/mol. The molecule has 0 amide bonds. The number of para-hydroxylation sites is 1. The van der Waals surface area contributed by atoms with E-state index in [0.29, 0.717) is 16.8 Å². The average molecular weight is 329 g/mol. The van der Waals surface area contributed by atoms with Gasteiger partial charge in [-0.25, -0.2) is 12.8 Å². The number of benzene rings is 2. The van der Waals surface area contributed by atoms with Crippen LogP contribution in [-0.2, 0) is 10.0 Å². The summed E-state index contributed by atoms with van der Waals surface area (Å²) in [5.41, 5.74) is 6.95. The van der Waals surface area contributed by atoms with Gasteiger partial charge < -0.3 is 5.73 Å². The SMILES string of the molecule is Cc1cc(N)c(C)c(S(=O)(=O)Nc2c(F)cccc2Cl)c1. The molecule has 3 N–H and O–H groups in total. The number of nitrogens with one attached hydrogen (secondary N) is 1. The topological polar surface area (TPSA) is 72.2 Å². The first-order valence-corrected chi connectivity index (χ1v) is 7.92. The number of rotatable bonds is 3. The first-order chi connectivity index (χ1) is 9.72. The lowest BCUT2D eigenvalue weighted by atomic mass is 10.1. The third kappa shape index (κ3) is 3.11. The van der Waals surface area contributed by atoms with Gasteiger partial charge in [-0.15, -0.1) is 0 Å². The minimum Gasteiger partial charge on any atom is -0.398 e. The monoisotopic (exact) mass is 328 g/mol. The van der Waals surface area contributed by atoms with Crippen molar-refractivity contribution in [1.29, 1.82) is 0 Å². The molecule has 2 rings (SSSR count). The molecule has 21 heavy (non-hydrogen) atoms. The first-order valence-electron chi connectivity index (χ1n) is 6.06. The van der Waals surface area contributed by atoms with Crippen LogP contribution >= 0.6 is 11.6 Å². The standard InChI is InChI=1S/C14H14ClFN2O2S/c1-8-6-12(17)9(2)13(7-8)21(19,20)18-14-10(15)4-3-5-11(14)16/h3-7,18H,17H2,1-2H3. The van der Waals surface area contributed by atoms with Crippen LogP contribution in [0.3, 0.4) is 0 Å². The number of sulfonamides is 1. The van der Waals surface area contributed by atoms with Crippen molar-refractivity contribution in [1.82, 2.24) is 0 Å². The zero-order valence-corrected chi connectivity index (χ0v) is 13.0. The lowest BCUT2D eigenvalue weighted by Gasteiger charge is -2.14. The van der Waals surface area contributed by atoms with E-state index in [4.69, 9.17) is 17.3 Å². The van der Waals surface area contributed by atoms with Gasteiger partial charge in [-0.05, 0) is 49.2 Å². The molecule has 0 aliphatic heterocycles. The third-order valence-electron chi connectivity index (χ3n) is 3.03. The van der Waals surface area contributed by atoms with Crippen molar-refractivity contribution in [2.45, 2.75) is 18.7 Å². The fourth-order valence-electron chi connectivity index (χ4n) is 1.92. The van der Waals surface area contributed by atoms with Crippen molar-refractivity contribution < 1.29 is 12.8 Å². The van der Waals surface area contributed by atoms with Crippen LogP contribution in [0.1, 0.15) is 11.1 Å². The summed E-state index contributed by atoms with van der Waals surface area (Å²) in [5.74, 6) is -0.746. The van der Waals surface area contributed by atoms with Crippen LogP contribution < -0.4 is 10.5 Å². The van der Waals surface area contributed by atoms with Gasteiger partial charge in [-0.3, -0.25) is 4.72 Å². The van der Waals surface area contributed by atoms with E-state index in [2.05, 4.69) is 4.72 Å². The van der Waals surface area contributed by atoms with E-state index in [9.17, 15) is 12.8 Å². The molecule has 0 aromatic heterocycles. The molecule has 2 aromatic rings. The molecular weight excluding hydrogens is 315 g/mol. The zero-order chi connectivity index (χ0) is 15.8. The molecule has 0 fully saturated rings. The van der Waals surface area contributed by atoms with E-state index >= 15 is 0 Å². The molecule has 0 unspecified atom stereocenters. The van der Waals surface area contributed by atoms with E-state index in [1.807, 2.05) is 0 Å². The fourth-order valence-corrected chi connectivity index (χ4v) is 3.63. The summed E-state index contributed by atoms with van der Waals surface area (Å²) in [4.78, 5) is -0.000630. The van der Waals surface area contributed by atoms with E-state index < -0.39 is 15.8 Å². The molecule has 0 aliphatic rings. The van der Waals surface area contributed by atoms with Gasteiger partial charge in [-0.1, -0.05) is 17.7 Å².